The van der Waals surface area contributed by atoms with E-state index in [2.05, 4.69) is 34.6 Å². The van der Waals surface area contributed by atoms with Gasteiger partial charge in [-0.3, -0.25) is 0 Å². The average molecular weight is 202 g/mol. The minimum atomic E-state index is 0.469. The van der Waals surface area contributed by atoms with Gasteiger partial charge in [-0.25, -0.2) is 0 Å². The summed E-state index contributed by atoms with van der Waals surface area (Å²) < 4.78 is 5.55. The lowest BCUT2D eigenvalue weighted by atomic mass is 9.86. The number of rotatable bonds is 6. The van der Waals surface area contributed by atoms with Crippen molar-refractivity contribution in [1.29, 1.82) is 0 Å². The second-order valence-corrected chi connectivity index (χ2v) is 5.43. The van der Waals surface area contributed by atoms with Gasteiger partial charge in [0, 0.05) is 6.10 Å². The standard InChI is InChI=1S/C11H26OSi/c1-8(2)6-11(7-9(3)4)10(5)12-13/h8-11H,6-7H2,1-5,13H3. The molecule has 0 aliphatic rings. The predicted octanol–water partition coefficient (Wildman–Crippen LogP) is 2.38. The van der Waals surface area contributed by atoms with E-state index in [0.717, 1.165) is 28.2 Å². The summed E-state index contributed by atoms with van der Waals surface area (Å²) in [5, 5.41) is 0. The van der Waals surface area contributed by atoms with E-state index in [1.807, 2.05) is 0 Å². The molecule has 1 nitrogen and oxygen atoms in total. The molecule has 0 N–H and O–H groups in total. The summed E-state index contributed by atoms with van der Waals surface area (Å²) in [6.07, 6.45) is 3.08. The SMILES string of the molecule is CC(C)CC(CC(C)C)C(C)O[SiH3]. The first-order valence-electron chi connectivity index (χ1n) is 5.50. The lowest BCUT2D eigenvalue weighted by molar-refractivity contribution is 0.131. The maximum atomic E-state index is 5.55. The Morgan fingerprint density at radius 3 is 1.54 bits per heavy atom. The minimum absolute atomic E-state index is 0.469. The molecule has 0 saturated heterocycles. The van der Waals surface area contributed by atoms with Gasteiger partial charge in [0.25, 0.3) is 0 Å². The molecule has 80 valence electrons. The summed E-state index contributed by atoms with van der Waals surface area (Å²) >= 11 is 0. The van der Waals surface area contributed by atoms with Crippen molar-refractivity contribution in [2.45, 2.75) is 53.6 Å². The molecule has 2 heteroatoms. The third-order valence-corrected chi connectivity index (χ3v) is 3.33. The van der Waals surface area contributed by atoms with Crippen molar-refractivity contribution in [2.75, 3.05) is 0 Å². The molecular weight excluding hydrogens is 176 g/mol. The Morgan fingerprint density at radius 2 is 1.31 bits per heavy atom. The van der Waals surface area contributed by atoms with Gasteiger partial charge in [-0.15, -0.1) is 0 Å². The zero-order valence-electron chi connectivity index (χ0n) is 10.1. The highest BCUT2D eigenvalue weighted by Gasteiger charge is 2.18. The molecule has 0 radical (unpaired) electrons. The Kier molecular flexibility index (Phi) is 6.69. The second-order valence-electron chi connectivity index (χ2n) is 4.96. The molecule has 1 atom stereocenters. The maximum absolute atomic E-state index is 5.55. The van der Waals surface area contributed by atoms with E-state index >= 15 is 0 Å². The Bertz CT molecular complexity index is 113. The van der Waals surface area contributed by atoms with E-state index in [9.17, 15) is 0 Å². The van der Waals surface area contributed by atoms with Crippen LogP contribution >= 0.6 is 0 Å². The normalized spacial score (nSPS) is 14.8. The van der Waals surface area contributed by atoms with Crippen molar-refractivity contribution in [3.63, 3.8) is 0 Å². The van der Waals surface area contributed by atoms with Gasteiger partial charge in [-0.1, -0.05) is 27.7 Å². The largest absolute Gasteiger partial charge is 0.425 e. The molecule has 0 amide bonds. The summed E-state index contributed by atoms with van der Waals surface area (Å²) in [4.78, 5) is 0. The van der Waals surface area contributed by atoms with E-state index in [-0.39, 0.29) is 0 Å². The van der Waals surface area contributed by atoms with Gasteiger partial charge in [0.1, 0.15) is 10.5 Å². The topological polar surface area (TPSA) is 9.23 Å². The lowest BCUT2D eigenvalue weighted by Crippen LogP contribution is -2.23. The Balaban J connectivity index is 4.02. The molecule has 13 heavy (non-hydrogen) atoms. The van der Waals surface area contributed by atoms with Gasteiger partial charge in [-0.05, 0) is 37.5 Å². The molecule has 0 spiro atoms. The quantitative estimate of drug-likeness (QED) is 0.601. The Morgan fingerprint density at radius 1 is 0.923 bits per heavy atom. The fourth-order valence-electron chi connectivity index (χ4n) is 1.88. The van der Waals surface area contributed by atoms with E-state index in [1.54, 1.807) is 0 Å². The summed E-state index contributed by atoms with van der Waals surface area (Å²) in [6.45, 7) is 11.4. The van der Waals surface area contributed by atoms with Crippen LogP contribution in [0.1, 0.15) is 47.5 Å². The van der Waals surface area contributed by atoms with Crippen LogP contribution in [0, 0.1) is 17.8 Å². The van der Waals surface area contributed by atoms with Crippen molar-refractivity contribution in [3.05, 3.63) is 0 Å². The summed E-state index contributed by atoms with van der Waals surface area (Å²) in [7, 11) is 0.872. The smallest absolute Gasteiger partial charge is 0.146 e. The van der Waals surface area contributed by atoms with E-state index in [0.29, 0.717) is 6.10 Å². The maximum Gasteiger partial charge on any atom is 0.146 e. The summed E-state index contributed by atoms with van der Waals surface area (Å²) in [6, 6.07) is 0. The van der Waals surface area contributed by atoms with E-state index in [1.165, 1.54) is 12.8 Å². The first kappa shape index (κ1) is 13.2. The average Bonchev–Trinajstić information content (AvgIpc) is 2.00. The molecule has 0 aromatic rings. The molecule has 0 rings (SSSR count). The van der Waals surface area contributed by atoms with Crippen molar-refractivity contribution in [2.24, 2.45) is 17.8 Å². The summed E-state index contributed by atoms with van der Waals surface area (Å²) in [5.41, 5.74) is 0. The van der Waals surface area contributed by atoms with Crippen LogP contribution < -0.4 is 0 Å². The van der Waals surface area contributed by atoms with Crippen LogP contribution in [0.5, 0.6) is 0 Å². The highest BCUT2D eigenvalue weighted by Crippen LogP contribution is 2.24. The van der Waals surface area contributed by atoms with Crippen LogP contribution in [0.2, 0.25) is 0 Å². The molecule has 0 aromatic carbocycles. The molecule has 0 aliphatic heterocycles. The van der Waals surface area contributed by atoms with Gasteiger partial charge in [0.2, 0.25) is 0 Å². The summed E-state index contributed by atoms with van der Waals surface area (Å²) in [5.74, 6) is 2.35. The van der Waals surface area contributed by atoms with Crippen LogP contribution in [-0.4, -0.2) is 16.6 Å². The number of hydrogen-bond acceptors (Lipinski definition) is 1. The van der Waals surface area contributed by atoms with E-state index in [4.69, 9.17) is 4.43 Å². The second kappa shape index (κ2) is 6.60. The molecule has 0 bridgehead atoms. The Labute approximate surface area is 86.8 Å². The molecule has 0 aromatic heterocycles. The monoisotopic (exact) mass is 202 g/mol. The van der Waals surface area contributed by atoms with Crippen LogP contribution in [0.15, 0.2) is 0 Å². The first-order valence-corrected chi connectivity index (χ1v) is 6.31. The molecule has 1 unspecified atom stereocenters. The van der Waals surface area contributed by atoms with Gasteiger partial charge in [-0.2, -0.15) is 0 Å². The van der Waals surface area contributed by atoms with Gasteiger partial charge >= 0.3 is 0 Å². The van der Waals surface area contributed by atoms with Gasteiger partial charge in [0.15, 0.2) is 0 Å². The number of hydrogen-bond donors (Lipinski definition) is 0. The third kappa shape index (κ3) is 6.27. The van der Waals surface area contributed by atoms with Gasteiger partial charge in [0.05, 0.1) is 0 Å². The molecule has 0 aliphatic carbocycles. The zero-order chi connectivity index (χ0) is 10.4. The minimum Gasteiger partial charge on any atom is -0.425 e. The van der Waals surface area contributed by atoms with Crippen molar-refractivity contribution >= 4 is 10.5 Å². The van der Waals surface area contributed by atoms with Crippen LogP contribution in [0.4, 0.5) is 0 Å². The zero-order valence-corrected chi connectivity index (χ0v) is 12.1. The molecular formula is C11H26OSi. The van der Waals surface area contributed by atoms with Crippen molar-refractivity contribution in [3.8, 4) is 0 Å². The Hall–Kier alpha value is 0.177. The first-order chi connectivity index (χ1) is 5.97. The van der Waals surface area contributed by atoms with Gasteiger partial charge < -0.3 is 4.43 Å². The fourth-order valence-corrected chi connectivity index (χ4v) is 2.27. The molecule has 0 fully saturated rings. The fraction of sp³-hybridized carbons (Fsp3) is 1.00. The van der Waals surface area contributed by atoms with E-state index < -0.39 is 0 Å². The van der Waals surface area contributed by atoms with Crippen molar-refractivity contribution < 1.29 is 4.43 Å². The molecule has 0 saturated carbocycles. The van der Waals surface area contributed by atoms with Crippen LogP contribution in [0.3, 0.4) is 0 Å². The van der Waals surface area contributed by atoms with Crippen LogP contribution in [-0.2, 0) is 4.43 Å². The van der Waals surface area contributed by atoms with Crippen LogP contribution in [0.25, 0.3) is 0 Å². The predicted molar refractivity (Wildman–Crippen MR) is 62.9 cm³/mol. The third-order valence-electron chi connectivity index (χ3n) is 2.58. The van der Waals surface area contributed by atoms with Crippen molar-refractivity contribution in [1.82, 2.24) is 0 Å². The highest BCUT2D eigenvalue weighted by molar-refractivity contribution is 5.98. The molecule has 0 heterocycles. The lowest BCUT2D eigenvalue weighted by Gasteiger charge is -2.26. The highest BCUT2D eigenvalue weighted by atomic mass is 28.2.